The van der Waals surface area contributed by atoms with Gasteiger partial charge in [0.15, 0.2) is 0 Å². The first-order chi connectivity index (χ1) is 16.9. The molecule has 1 amide bonds. The second kappa shape index (κ2) is 11.5. The maximum absolute atomic E-state index is 13.4. The molecule has 1 saturated heterocycles. The normalized spacial score (nSPS) is 14.8. The van der Waals surface area contributed by atoms with Gasteiger partial charge >= 0.3 is 0 Å². The second-order valence-corrected chi connectivity index (χ2v) is 10.6. The van der Waals surface area contributed by atoms with Crippen molar-refractivity contribution in [2.45, 2.75) is 4.90 Å². The van der Waals surface area contributed by atoms with Gasteiger partial charge in [0.2, 0.25) is 5.91 Å². The Balaban J connectivity index is 1.41. The zero-order chi connectivity index (χ0) is 24.7. The van der Waals surface area contributed by atoms with Crippen molar-refractivity contribution in [3.63, 3.8) is 0 Å². The van der Waals surface area contributed by atoms with E-state index in [9.17, 15) is 13.2 Å². The van der Waals surface area contributed by atoms with Gasteiger partial charge in [0.1, 0.15) is 6.54 Å². The van der Waals surface area contributed by atoms with Crippen molar-refractivity contribution in [3.8, 4) is 0 Å². The highest BCUT2D eigenvalue weighted by Gasteiger charge is 2.30. The molecule has 182 valence electrons. The summed E-state index contributed by atoms with van der Waals surface area (Å²) in [7, 11) is -3.93. The van der Waals surface area contributed by atoms with Crippen LogP contribution in [-0.2, 0) is 14.8 Å². The fraction of sp³-hybridized carbons (Fsp3) is 0.222. The minimum Gasteiger partial charge on any atom is -0.339 e. The van der Waals surface area contributed by atoms with Gasteiger partial charge in [-0.1, -0.05) is 72.3 Å². The van der Waals surface area contributed by atoms with E-state index >= 15 is 0 Å². The molecule has 4 rings (SSSR count). The second-order valence-electron chi connectivity index (χ2n) is 8.30. The molecule has 0 radical (unpaired) electrons. The van der Waals surface area contributed by atoms with E-state index < -0.39 is 10.0 Å². The maximum atomic E-state index is 13.4. The molecule has 1 aliphatic heterocycles. The standard InChI is InChI=1S/C27H28ClN3O3S/c28-24-13-15-25(16-14-24)31(35(33,34)26-11-5-2-6-12-26)22-27(32)30-20-18-29(19-21-30)17-7-10-23-8-3-1-4-9-23/h1-16H,17-22H2/b10-7+. The van der Waals surface area contributed by atoms with E-state index in [1.54, 1.807) is 47.4 Å². The molecule has 0 saturated carbocycles. The van der Waals surface area contributed by atoms with Crippen molar-refractivity contribution < 1.29 is 13.2 Å². The van der Waals surface area contributed by atoms with Gasteiger partial charge in [-0.3, -0.25) is 14.0 Å². The van der Waals surface area contributed by atoms with Gasteiger partial charge in [0, 0.05) is 37.7 Å². The van der Waals surface area contributed by atoms with Crippen LogP contribution in [-0.4, -0.2) is 63.4 Å². The van der Waals surface area contributed by atoms with Crippen LogP contribution in [0.25, 0.3) is 6.08 Å². The molecule has 0 N–H and O–H groups in total. The van der Waals surface area contributed by atoms with Gasteiger partial charge < -0.3 is 4.90 Å². The van der Waals surface area contributed by atoms with Crippen LogP contribution in [0.3, 0.4) is 0 Å². The fourth-order valence-electron chi connectivity index (χ4n) is 3.95. The summed E-state index contributed by atoms with van der Waals surface area (Å²) in [6.07, 6.45) is 4.22. The van der Waals surface area contributed by atoms with Gasteiger partial charge in [0.25, 0.3) is 10.0 Å². The molecule has 0 aliphatic carbocycles. The van der Waals surface area contributed by atoms with Crippen molar-refractivity contribution in [2.24, 2.45) is 0 Å². The summed E-state index contributed by atoms with van der Waals surface area (Å²) in [6, 6.07) is 24.8. The minimum absolute atomic E-state index is 0.137. The van der Waals surface area contributed by atoms with E-state index in [0.717, 1.165) is 29.5 Å². The summed E-state index contributed by atoms with van der Waals surface area (Å²) in [5.74, 6) is -0.223. The van der Waals surface area contributed by atoms with Crippen LogP contribution >= 0.6 is 11.6 Å². The molecule has 0 aromatic heterocycles. The average Bonchev–Trinajstić information content (AvgIpc) is 2.89. The highest BCUT2D eigenvalue weighted by Crippen LogP contribution is 2.25. The van der Waals surface area contributed by atoms with E-state index in [2.05, 4.69) is 29.2 Å². The molecule has 0 unspecified atom stereocenters. The average molecular weight is 510 g/mol. The van der Waals surface area contributed by atoms with Crippen molar-refractivity contribution in [2.75, 3.05) is 43.6 Å². The van der Waals surface area contributed by atoms with Crippen molar-refractivity contribution >= 4 is 39.3 Å². The molecular weight excluding hydrogens is 482 g/mol. The first-order valence-electron chi connectivity index (χ1n) is 11.5. The van der Waals surface area contributed by atoms with E-state index in [-0.39, 0.29) is 17.3 Å². The minimum atomic E-state index is -3.93. The summed E-state index contributed by atoms with van der Waals surface area (Å²) in [6.45, 7) is 3.10. The van der Waals surface area contributed by atoms with E-state index in [4.69, 9.17) is 11.6 Å². The first-order valence-corrected chi connectivity index (χ1v) is 13.3. The van der Waals surface area contributed by atoms with Crippen LogP contribution in [0, 0.1) is 0 Å². The number of rotatable bonds is 8. The SMILES string of the molecule is O=C(CN(c1ccc(Cl)cc1)S(=O)(=O)c1ccccc1)N1CCN(C/C=C/c2ccccc2)CC1. The summed E-state index contributed by atoms with van der Waals surface area (Å²) >= 11 is 6.01. The van der Waals surface area contributed by atoms with Crippen LogP contribution in [0.1, 0.15) is 5.56 Å². The Morgan fingerprint density at radius 1 is 0.857 bits per heavy atom. The lowest BCUT2D eigenvalue weighted by Gasteiger charge is -2.35. The van der Waals surface area contributed by atoms with Gasteiger partial charge in [-0.15, -0.1) is 0 Å². The number of nitrogens with zero attached hydrogens (tertiary/aromatic N) is 3. The van der Waals surface area contributed by atoms with Gasteiger partial charge in [-0.25, -0.2) is 8.42 Å². The number of sulfonamides is 1. The van der Waals surface area contributed by atoms with Gasteiger partial charge in [0.05, 0.1) is 10.6 Å². The number of amides is 1. The number of anilines is 1. The number of halogens is 1. The number of piperazine rings is 1. The molecule has 1 aliphatic rings. The Hall–Kier alpha value is -3.13. The van der Waals surface area contributed by atoms with Crippen LogP contribution in [0.15, 0.2) is 95.9 Å². The highest BCUT2D eigenvalue weighted by molar-refractivity contribution is 7.92. The molecule has 8 heteroatoms. The van der Waals surface area contributed by atoms with E-state index in [1.807, 2.05) is 18.2 Å². The smallest absolute Gasteiger partial charge is 0.264 e. The maximum Gasteiger partial charge on any atom is 0.264 e. The topological polar surface area (TPSA) is 60.9 Å². The van der Waals surface area contributed by atoms with Crippen molar-refractivity contribution in [1.82, 2.24) is 9.80 Å². The monoisotopic (exact) mass is 509 g/mol. The molecule has 0 bridgehead atoms. The highest BCUT2D eigenvalue weighted by atomic mass is 35.5. The predicted molar refractivity (Wildman–Crippen MR) is 141 cm³/mol. The molecule has 3 aromatic carbocycles. The lowest BCUT2D eigenvalue weighted by atomic mass is 10.2. The molecule has 1 fully saturated rings. The third-order valence-corrected chi connectivity index (χ3v) is 7.96. The zero-order valence-electron chi connectivity index (χ0n) is 19.3. The Morgan fingerprint density at radius 2 is 1.46 bits per heavy atom. The lowest BCUT2D eigenvalue weighted by molar-refractivity contribution is -0.131. The van der Waals surface area contributed by atoms with E-state index in [1.165, 1.54) is 12.1 Å². The lowest BCUT2D eigenvalue weighted by Crippen LogP contribution is -2.51. The molecule has 35 heavy (non-hydrogen) atoms. The predicted octanol–water partition coefficient (Wildman–Crippen LogP) is 4.39. The van der Waals surface area contributed by atoms with Gasteiger partial charge in [-0.05, 0) is 42.0 Å². The quantitative estimate of drug-likeness (QED) is 0.452. The molecule has 3 aromatic rings. The molecule has 0 atom stereocenters. The fourth-order valence-corrected chi connectivity index (χ4v) is 5.51. The van der Waals surface area contributed by atoms with Crippen molar-refractivity contribution in [1.29, 1.82) is 0 Å². The molecular formula is C27H28ClN3O3S. The Morgan fingerprint density at radius 3 is 2.09 bits per heavy atom. The zero-order valence-corrected chi connectivity index (χ0v) is 20.9. The number of carbonyl (C=O) groups excluding carboxylic acids is 1. The molecule has 0 spiro atoms. The first kappa shape index (κ1) is 25.0. The number of hydrogen-bond donors (Lipinski definition) is 0. The van der Waals surface area contributed by atoms with Gasteiger partial charge in [-0.2, -0.15) is 0 Å². The number of carbonyl (C=O) groups is 1. The van der Waals surface area contributed by atoms with Crippen molar-refractivity contribution in [3.05, 3.63) is 102 Å². The third-order valence-electron chi connectivity index (χ3n) is 5.92. The largest absolute Gasteiger partial charge is 0.339 e. The number of benzene rings is 3. The number of hydrogen-bond acceptors (Lipinski definition) is 4. The summed E-state index contributed by atoms with van der Waals surface area (Å²) in [5, 5.41) is 0.495. The van der Waals surface area contributed by atoms with Crippen LogP contribution < -0.4 is 4.31 Å². The summed E-state index contributed by atoms with van der Waals surface area (Å²) in [5.41, 5.74) is 1.56. The Bertz CT molecular complexity index is 1240. The Labute approximate surface area is 212 Å². The summed E-state index contributed by atoms with van der Waals surface area (Å²) < 4.78 is 28.0. The van der Waals surface area contributed by atoms with Crippen LogP contribution in [0.4, 0.5) is 5.69 Å². The molecule has 1 heterocycles. The third kappa shape index (κ3) is 6.51. The molecule has 6 nitrogen and oxygen atoms in total. The van der Waals surface area contributed by atoms with E-state index in [0.29, 0.717) is 23.8 Å². The Kier molecular flexibility index (Phi) is 8.23. The van der Waals surface area contributed by atoms with Crippen LogP contribution in [0.5, 0.6) is 0 Å². The van der Waals surface area contributed by atoms with Crippen LogP contribution in [0.2, 0.25) is 5.02 Å². The summed E-state index contributed by atoms with van der Waals surface area (Å²) in [4.78, 5) is 17.3.